The molecule has 3 aromatic carbocycles. The molecule has 2 unspecified atom stereocenters. The van der Waals surface area contributed by atoms with Crippen LogP contribution < -0.4 is 0 Å². The van der Waals surface area contributed by atoms with E-state index in [-0.39, 0.29) is 12.2 Å². The summed E-state index contributed by atoms with van der Waals surface area (Å²) in [7, 11) is 0. The lowest BCUT2D eigenvalue weighted by molar-refractivity contribution is 0.378. The summed E-state index contributed by atoms with van der Waals surface area (Å²) in [6, 6.07) is 25.5. The Balaban J connectivity index is 1.66. The topological polar surface area (TPSA) is 12.5 Å². The Morgan fingerprint density at radius 2 is 1.26 bits per heavy atom. The zero-order valence-corrected chi connectivity index (χ0v) is 10.5. The summed E-state index contributed by atoms with van der Waals surface area (Å²) in [5, 5.41) is 2.56. The Morgan fingerprint density at radius 1 is 0.579 bits per heavy atom. The fourth-order valence-corrected chi connectivity index (χ4v) is 2.65. The van der Waals surface area contributed by atoms with Gasteiger partial charge in [0.25, 0.3) is 0 Å². The van der Waals surface area contributed by atoms with E-state index in [1.54, 1.807) is 0 Å². The lowest BCUT2D eigenvalue weighted by Crippen LogP contribution is -1.84. The van der Waals surface area contributed by atoms with Crippen LogP contribution in [0.2, 0.25) is 0 Å². The van der Waals surface area contributed by atoms with Gasteiger partial charge in [0.15, 0.2) is 0 Å². The molecule has 0 bridgehead atoms. The summed E-state index contributed by atoms with van der Waals surface area (Å²) in [4.78, 5) is 0. The summed E-state index contributed by atoms with van der Waals surface area (Å²) in [5.41, 5.74) is 2.54. The molecule has 1 aliphatic heterocycles. The number of rotatable bonds is 2. The smallest absolute Gasteiger partial charge is 0.114 e. The highest BCUT2D eigenvalue weighted by Crippen LogP contribution is 2.51. The van der Waals surface area contributed by atoms with Crippen LogP contribution in [0, 0.1) is 0 Å². The fraction of sp³-hybridized carbons (Fsp3) is 0.111. The van der Waals surface area contributed by atoms with Gasteiger partial charge in [0, 0.05) is 0 Å². The highest BCUT2D eigenvalue weighted by Gasteiger charge is 2.41. The van der Waals surface area contributed by atoms with Gasteiger partial charge in [0.2, 0.25) is 0 Å². The van der Waals surface area contributed by atoms with E-state index in [9.17, 15) is 0 Å². The van der Waals surface area contributed by atoms with Crippen LogP contribution >= 0.6 is 0 Å². The van der Waals surface area contributed by atoms with E-state index < -0.39 is 0 Å². The van der Waals surface area contributed by atoms with Crippen molar-refractivity contribution >= 4 is 10.8 Å². The standard InChI is InChI=1S/C18H14O/c1-2-7-14(8-3-1)17-18(19-17)16-11-10-13-6-4-5-9-15(13)12-16/h1-12,17-18H. The van der Waals surface area contributed by atoms with Crippen molar-refractivity contribution < 1.29 is 4.74 Å². The number of hydrogen-bond donors (Lipinski definition) is 0. The Labute approximate surface area is 112 Å². The second-order valence-electron chi connectivity index (χ2n) is 4.99. The van der Waals surface area contributed by atoms with Crippen molar-refractivity contribution in [3.63, 3.8) is 0 Å². The maximum Gasteiger partial charge on any atom is 0.114 e. The van der Waals surface area contributed by atoms with Crippen LogP contribution in [0.15, 0.2) is 72.8 Å². The lowest BCUT2D eigenvalue weighted by atomic mass is 10.0. The van der Waals surface area contributed by atoms with Gasteiger partial charge in [-0.05, 0) is 28.0 Å². The zero-order chi connectivity index (χ0) is 12.7. The van der Waals surface area contributed by atoms with E-state index in [4.69, 9.17) is 4.74 Å². The van der Waals surface area contributed by atoms with Gasteiger partial charge < -0.3 is 4.74 Å². The van der Waals surface area contributed by atoms with Gasteiger partial charge in [0.1, 0.15) is 12.2 Å². The summed E-state index contributed by atoms with van der Waals surface area (Å²) in [5.74, 6) is 0. The van der Waals surface area contributed by atoms with Gasteiger partial charge in [-0.15, -0.1) is 0 Å². The average molecular weight is 246 g/mol. The van der Waals surface area contributed by atoms with Gasteiger partial charge in [-0.25, -0.2) is 0 Å². The molecule has 0 aliphatic carbocycles. The van der Waals surface area contributed by atoms with Gasteiger partial charge in [-0.3, -0.25) is 0 Å². The van der Waals surface area contributed by atoms with Gasteiger partial charge >= 0.3 is 0 Å². The second-order valence-corrected chi connectivity index (χ2v) is 4.99. The number of fused-ring (bicyclic) bond motifs is 1. The van der Waals surface area contributed by atoms with Crippen LogP contribution in [-0.2, 0) is 4.74 Å². The third kappa shape index (κ3) is 1.92. The molecular weight excluding hydrogens is 232 g/mol. The SMILES string of the molecule is c1ccc(C2OC2c2ccc3ccccc3c2)cc1. The maximum atomic E-state index is 5.84. The quantitative estimate of drug-likeness (QED) is 0.599. The molecule has 0 spiro atoms. The minimum Gasteiger partial charge on any atom is -0.359 e. The van der Waals surface area contributed by atoms with Crippen LogP contribution in [0.3, 0.4) is 0 Å². The molecule has 19 heavy (non-hydrogen) atoms. The molecule has 3 aromatic rings. The molecule has 1 fully saturated rings. The predicted octanol–water partition coefficient (Wildman–Crippen LogP) is 4.65. The summed E-state index contributed by atoms with van der Waals surface area (Å²) < 4.78 is 5.84. The lowest BCUT2D eigenvalue weighted by Gasteiger charge is -2.01. The number of epoxide rings is 1. The summed E-state index contributed by atoms with van der Waals surface area (Å²) >= 11 is 0. The van der Waals surface area contributed by atoms with E-state index in [0.29, 0.717) is 0 Å². The first kappa shape index (κ1) is 10.8. The third-order valence-electron chi connectivity index (χ3n) is 3.72. The zero-order valence-electron chi connectivity index (χ0n) is 10.5. The molecule has 1 saturated heterocycles. The van der Waals surface area contributed by atoms with E-state index in [0.717, 1.165) is 0 Å². The Hall–Kier alpha value is -2.12. The molecule has 1 nitrogen and oxygen atoms in total. The molecule has 0 N–H and O–H groups in total. The van der Waals surface area contributed by atoms with Crippen molar-refractivity contribution in [3.8, 4) is 0 Å². The molecule has 4 rings (SSSR count). The van der Waals surface area contributed by atoms with E-state index in [1.165, 1.54) is 21.9 Å². The molecule has 1 heterocycles. The van der Waals surface area contributed by atoms with Gasteiger partial charge in [-0.2, -0.15) is 0 Å². The van der Waals surface area contributed by atoms with Crippen LogP contribution in [0.4, 0.5) is 0 Å². The van der Waals surface area contributed by atoms with Crippen LogP contribution in [0.5, 0.6) is 0 Å². The monoisotopic (exact) mass is 246 g/mol. The molecule has 1 aliphatic rings. The van der Waals surface area contributed by atoms with Crippen molar-refractivity contribution in [2.24, 2.45) is 0 Å². The largest absolute Gasteiger partial charge is 0.359 e. The molecule has 0 amide bonds. The third-order valence-corrected chi connectivity index (χ3v) is 3.72. The van der Waals surface area contributed by atoms with Crippen molar-refractivity contribution in [3.05, 3.63) is 83.9 Å². The molecule has 2 atom stereocenters. The van der Waals surface area contributed by atoms with E-state index >= 15 is 0 Å². The first-order valence-corrected chi connectivity index (χ1v) is 6.61. The molecular formula is C18H14O. The fourth-order valence-electron chi connectivity index (χ4n) is 2.65. The minimum absolute atomic E-state index is 0.215. The molecule has 0 radical (unpaired) electrons. The molecule has 0 saturated carbocycles. The normalized spacial score (nSPS) is 21.5. The van der Waals surface area contributed by atoms with Crippen molar-refractivity contribution in [2.45, 2.75) is 12.2 Å². The first-order valence-electron chi connectivity index (χ1n) is 6.61. The van der Waals surface area contributed by atoms with Gasteiger partial charge in [0.05, 0.1) is 0 Å². The number of ether oxygens (including phenoxy) is 1. The Morgan fingerprint density at radius 3 is 2.11 bits per heavy atom. The van der Waals surface area contributed by atoms with Crippen LogP contribution in [-0.4, -0.2) is 0 Å². The van der Waals surface area contributed by atoms with Crippen molar-refractivity contribution in [2.75, 3.05) is 0 Å². The minimum atomic E-state index is 0.215. The van der Waals surface area contributed by atoms with Crippen molar-refractivity contribution in [1.82, 2.24) is 0 Å². The Kier molecular flexibility index (Phi) is 2.39. The van der Waals surface area contributed by atoms with Gasteiger partial charge in [-0.1, -0.05) is 66.7 Å². The molecule has 1 heteroatoms. The number of benzene rings is 3. The Bertz CT molecular complexity index is 718. The summed E-state index contributed by atoms with van der Waals surface area (Å²) in [6.45, 7) is 0. The van der Waals surface area contributed by atoms with E-state index in [2.05, 4.69) is 66.7 Å². The second kappa shape index (κ2) is 4.22. The predicted molar refractivity (Wildman–Crippen MR) is 77.0 cm³/mol. The average Bonchev–Trinajstić information content (AvgIpc) is 3.28. The van der Waals surface area contributed by atoms with E-state index in [1.807, 2.05) is 6.07 Å². The highest BCUT2D eigenvalue weighted by atomic mass is 16.6. The van der Waals surface area contributed by atoms with Crippen LogP contribution in [0.25, 0.3) is 10.8 Å². The number of hydrogen-bond acceptors (Lipinski definition) is 1. The maximum absolute atomic E-state index is 5.84. The molecule has 0 aromatic heterocycles. The molecule has 92 valence electrons. The first-order chi connectivity index (χ1) is 9.42. The highest BCUT2D eigenvalue weighted by molar-refractivity contribution is 5.83. The van der Waals surface area contributed by atoms with Crippen molar-refractivity contribution in [1.29, 1.82) is 0 Å². The van der Waals surface area contributed by atoms with Crippen LogP contribution in [0.1, 0.15) is 23.3 Å². The summed E-state index contributed by atoms with van der Waals surface area (Å²) in [6.07, 6.45) is 0.439.